The quantitative estimate of drug-likeness (QED) is 0.481. The number of carbonyl (C=O) groups is 1. The van der Waals surface area contributed by atoms with E-state index in [1.54, 1.807) is 18.3 Å². The van der Waals surface area contributed by atoms with E-state index in [2.05, 4.69) is 5.48 Å². The SMILES string of the molecule is CCCC(OC)ONC(=O)C(C)(CCn1ccccc1=O)S(C)(=O)=O. The summed E-state index contributed by atoms with van der Waals surface area (Å²) < 4.78 is 29.1. The van der Waals surface area contributed by atoms with Crippen molar-refractivity contribution in [1.82, 2.24) is 10.0 Å². The summed E-state index contributed by atoms with van der Waals surface area (Å²) in [5.41, 5.74) is 1.92. The van der Waals surface area contributed by atoms with Crippen molar-refractivity contribution in [2.45, 2.75) is 50.7 Å². The molecule has 0 aromatic carbocycles. The van der Waals surface area contributed by atoms with Crippen molar-refractivity contribution in [1.29, 1.82) is 0 Å². The number of nitrogens with one attached hydrogen (secondary N) is 1. The van der Waals surface area contributed by atoms with Gasteiger partial charge >= 0.3 is 0 Å². The summed E-state index contributed by atoms with van der Waals surface area (Å²) in [5.74, 6) is -0.794. The second kappa shape index (κ2) is 9.12. The van der Waals surface area contributed by atoms with Crippen molar-refractivity contribution in [3.05, 3.63) is 34.7 Å². The van der Waals surface area contributed by atoms with Gasteiger partial charge in [0.1, 0.15) is 0 Å². The fourth-order valence-corrected chi connectivity index (χ4v) is 2.97. The minimum atomic E-state index is -3.76. The molecule has 2 atom stereocenters. The van der Waals surface area contributed by atoms with Crippen molar-refractivity contribution in [3.63, 3.8) is 0 Å². The first kappa shape index (κ1) is 21.3. The second-order valence-corrected chi connectivity index (χ2v) is 8.43. The number of amides is 1. The highest BCUT2D eigenvalue weighted by Gasteiger charge is 2.43. The van der Waals surface area contributed by atoms with Crippen LogP contribution in [0.25, 0.3) is 0 Å². The molecule has 1 aromatic rings. The van der Waals surface area contributed by atoms with E-state index in [9.17, 15) is 18.0 Å². The van der Waals surface area contributed by atoms with Crippen LogP contribution in [0.1, 0.15) is 33.1 Å². The number of aryl methyl sites for hydroxylation is 1. The molecule has 0 aliphatic heterocycles. The second-order valence-electron chi connectivity index (χ2n) is 5.99. The normalized spacial score (nSPS) is 15.4. The molecule has 9 heteroatoms. The van der Waals surface area contributed by atoms with Crippen LogP contribution >= 0.6 is 0 Å². The number of rotatable bonds is 10. The molecular weight excluding hydrogens is 348 g/mol. The molecule has 0 spiro atoms. The van der Waals surface area contributed by atoms with E-state index in [1.165, 1.54) is 24.7 Å². The van der Waals surface area contributed by atoms with Crippen molar-refractivity contribution >= 4 is 15.7 Å². The number of ether oxygens (including phenoxy) is 1. The van der Waals surface area contributed by atoms with Crippen LogP contribution in [0.15, 0.2) is 29.2 Å². The number of hydrogen-bond acceptors (Lipinski definition) is 6. The monoisotopic (exact) mass is 374 g/mol. The average Bonchev–Trinajstić information content (AvgIpc) is 2.56. The molecule has 0 bridgehead atoms. The van der Waals surface area contributed by atoms with Gasteiger partial charge in [0.05, 0.1) is 0 Å². The predicted molar refractivity (Wildman–Crippen MR) is 93.5 cm³/mol. The Kier molecular flexibility index (Phi) is 7.78. The Morgan fingerprint density at radius 3 is 2.60 bits per heavy atom. The highest BCUT2D eigenvalue weighted by Crippen LogP contribution is 2.22. The van der Waals surface area contributed by atoms with E-state index in [-0.39, 0.29) is 18.5 Å². The van der Waals surface area contributed by atoms with Gasteiger partial charge in [0.25, 0.3) is 5.91 Å². The number of carbonyl (C=O) groups excluding carboxylic acids is 1. The van der Waals surface area contributed by atoms with Gasteiger partial charge in [-0.3, -0.25) is 9.59 Å². The van der Waals surface area contributed by atoms with Gasteiger partial charge in [-0.25, -0.2) is 18.7 Å². The van der Waals surface area contributed by atoms with Crippen LogP contribution < -0.4 is 11.0 Å². The van der Waals surface area contributed by atoms with E-state index >= 15 is 0 Å². The van der Waals surface area contributed by atoms with Gasteiger partial charge in [0, 0.05) is 38.6 Å². The molecule has 1 aromatic heterocycles. The average molecular weight is 374 g/mol. The van der Waals surface area contributed by atoms with Crippen LogP contribution in [-0.4, -0.2) is 43.3 Å². The molecule has 1 amide bonds. The molecule has 0 fully saturated rings. The standard InChI is InChI=1S/C16H26N2O6S/c1-5-8-14(23-3)24-17-15(20)16(2,25(4,21)22)10-12-18-11-7-6-9-13(18)19/h6-7,9,11,14H,5,8,10,12H2,1-4H3,(H,17,20). The Balaban J connectivity index is 2.90. The molecule has 1 heterocycles. The van der Waals surface area contributed by atoms with Crippen molar-refractivity contribution in [2.75, 3.05) is 13.4 Å². The smallest absolute Gasteiger partial charge is 0.264 e. The van der Waals surface area contributed by atoms with E-state index < -0.39 is 26.8 Å². The fraction of sp³-hybridized carbons (Fsp3) is 0.625. The summed E-state index contributed by atoms with van der Waals surface area (Å²) >= 11 is 0. The van der Waals surface area contributed by atoms with Crippen molar-refractivity contribution in [2.24, 2.45) is 0 Å². The zero-order chi connectivity index (χ0) is 19.1. The van der Waals surface area contributed by atoms with E-state index in [0.29, 0.717) is 6.42 Å². The zero-order valence-corrected chi connectivity index (χ0v) is 15.8. The third-order valence-electron chi connectivity index (χ3n) is 4.10. The van der Waals surface area contributed by atoms with Crippen LogP contribution in [0.4, 0.5) is 0 Å². The number of pyridine rings is 1. The van der Waals surface area contributed by atoms with Crippen LogP contribution in [0.5, 0.6) is 0 Å². The minimum absolute atomic E-state index is 0.0730. The number of aromatic nitrogens is 1. The van der Waals surface area contributed by atoms with Crippen LogP contribution in [0.2, 0.25) is 0 Å². The first-order chi connectivity index (χ1) is 11.7. The summed E-state index contributed by atoms with van der Waals surface area (Å²) in [6.07, 6.45) is 3.12. The lowest BCUT2D eigenvalue weighted by Gasteiger charge is -2.27. The van der Waals surface area contributed by atoms with Crippen LogP contribution in [-0.2, 0) is 30.8 Å². The molecule has 2 unspecified atom stereocenters. The molecule has 0 saturated heterocycles. The Morgan fingerprint density at radius 2 is 2.08 bits per heavy atom. The lowest BCUT2D eigenvalue weighted by molar-refractivity contribution is -0.181. The fourth-order valence-electron chi connectivity index (χ4n) is 2.13. The highest BCUT2D eigenvalue weighted by atomic mass is 32.2. The van der Waals surface area contributed by atoms with Crippen molar-refractivity contribution < 1.29 is 22.8 Å². The lowest BCUT2D eigenvalue weighted by atomic mass is 10.1. The number of hydroxylamine groups is 1. The molecule has 8 nitrogen and oxygen atoms in total. The number of methoxy groups -OCH3 is 1. The number of sulfone groups is 1. The maximum atomic E-state index is 12.5. The summed E-state index contributed by atoms with van der Waals surface area (Å²) in [7, 11) is -2.33. The van der Waals surface area contributed by atoms with Gasteiger partial charge in [-0.15, -0.1) is 0 Å². The molecule has 0 radical (unpaired) electrons. The van der Waals surface area contributed by atoms with Gasteiger partial charge in [0.15, 0.2) is 20.9 Å². The Hall–Kier alpha value is -1.71. The molecule has 0 aliphatic rings. The summed E-state index contributed by atoms with van der Waals surface area (Å²) in [4.78, 5) is 29.4. The third kappa shape index (κ3) is 5.65. The predicted octanol–water partition coefficient (Wildman–Crippen LogP) is 0.862. The number of nitrogens with zero attached hydrogens (tertiary/aromatic N) is 1. The Labute approximate surface area is 148 Å². The first-order valence-corrected chi connectivity index (χ1v) is 9.88. The Bertz CT molecular complexity index is 730. The molecule has 0 aliphatic carbocycles. The van der Waals surface area contributed by atoms with E-state index in [1.807, 2.05) is 6.92 Å². The van der Waals surface area contributed by atoms with Crippen molar-refractivity contribution in [3.8, 4) is 0 Å². The van der Waals surface area contributed by atoms with Crippen LogP contribution in [0, 0.1) is 0 Å². The van der Waals surface area contributed by atoms with Gasteiger partial charge in [-0.1, -0.05) is 19.4 Å². The van der Waals surface area contributed by atoms with E-state index in [4.69, 9.17) is 9.57 Å². The molecule has 1 N–H and O–H groups in total. The first-order valence-electron chi connectivity index (χ1n) is 7.99. The highest BCUT2D eigenvalue weighted by molar-refractivity contribution is 7.92. The topological polar surface area (TPSA) is 104 Å². The summed E-state index contributed by atoms with van der Waals surface area (Å²) in [6.45, 7) is 3.32. The number of hydrogen-bond donors (Lipinski definition) is 1. The Morgan fingerprint density at radius 1 is 1.40 bits per heavy atom. The molecule has 142 valence electrons. The van der Waals surface area contributed by atoms with Gasteiger partial charge in [0.2, 0.25) is 5.56 Å². The minimum Gasteiger partial charge on any atom is -0.354 e. The van der Waals surface area contributed by atoms with Gasteiger partial charge in [-0.05, 0) is 19.4 Å². The molecule has 25 heavy (non-hydrogen) atoms. The molecule has 1 rings (SSSR count). The largest absolute Gasteiger partial charge is 0.354 e. The van der Waals surface area contributed by atoms with Gasteiger partial charge < -0.3 is 9.30 Å². The maximum Gasteiger partial charge on any atom is 0.264 e. The molecular formula is C16H26N2O6S. The summed E-state index contributed by atoms with van der Waals surface area (Å²) in [6, 6.07) is 4.62. The lowest BCUT2D eigenvalue weighted by Crippen LogP contribution is -2.51. The summed E-state index contributed by atoms with van der Waals surface area (Å²) in [5, 5.41) is 0. The third-order valence-corrected chi connectivity index (χ3v) is 6.12. The van der Waals surface area contributed by atoms with Gasteiger partial charge in [-0.2, -0.15) is 0 Å². The molecule has 0 saturated carbocycles. The van der Waals surface area contributed by atoms with E-state index in [0.717, 1.165) is 12.7 Å². The maximum absolute atomic E-state index is 12.5. The van der Waals surface area contributed by atoms with Crippen LogP contribution in [0.3, 0.4) is 0 Å². The zero-order valence-electron chi connectivity index (χ0n) is 15.0.